The number of hydrogen-bond acceptors (Lipinski definition) is 3. The van der Waals surface area contributed by atoms with E-state index < -0.39 is 27.6 Å². The fourth-order valence-corrected chi connectivity index (χ4v) is 4.61. The van der Waals surface area contributed by atoms with Crippen molar-refractivity contribution in [2.75, 3.05) is 5.75 Å². The minimum absolute atomic E-state index is 0.0957. The Morgan fingerprint density at radius 3 is 2.50 bits per heavy atom. The van der Waals surface area contributed by atoms with E-state index >= 15 is 0 Å². The van der Waals surface area contributed by atoms with E-state index in [0.29, 0.717) is 10.5 Å². The van der Waals surface area contributed by atoms with E-state index in [-0.39, 0.29) is 11.7 Å². The summed E-state index contributed by atoms with van der Waals surface area (Å²) in [7, 11) is -3.33. The van der Waals surface area contributed by atoms with Gasteiger partial charge in [-0.3, -0.25) is 4.79 Å². The van der Waals surface area contributed by atoms with E-state index in [0.717, 1.165) is 0 Å². The van der Waals surface area contributed by atoms with Gasteiger partial charge in [0.15, 0.2) is 9.84 Å². The van der Waals surface area contributed by atoms with Gasteiger partial charge >= 0.3 is 5.97 Å². The molecule has 0 radical (unpaired) electrons. The van der Waals surface area contributed by atoms with Gasteiger partial charge in [0.2, 0.25) is 0 Å². The Labute approximate surface area is 107 Å². The van der Waals surface area contributed by atoms with Gasteiger partial charge in [0.1, 0.15) is 0 Å². The van der Waals surface area contributed by atoms with Crippen molar-refractivity contribution >= 4 is 15.8 Å². The first-order valence-electron chi connectivity index (χ1n) is 5.89. The first kappa shape index (κ1) is 13.1. The van der Waals surface area contributed by atoms with Gasteiger partial charge in [-0.25, -0.2) is 8.42 Å². The molecule has 1 aliphatic heterocycles. The van der Waals surface area contributed by atoms with Crippen molar-refractivity contribution in [1.82, 2.24) is 0 Å². The second-order valence-corrected chi connectivity index (χ2v) is 7.04. The summed E-state index contributed by atoms with van der Waals surface area (Å²) in [6, 6.07) is 6.71. The normalized spacial score (nSPS) is 22.7. The molecule has 0 saturated carbocycles. The largest absolute Gasteiger partial charge is 0.481 e. The number of carboxylic acids is 1. The van der Waals surface area contributed by atoms with E-state index in [1.165, 1.54) is 0 Å². The Bertz CT molecular complexity index is 574. The molecule has 4 nitrogen and oxygen atoms in total. The summed E-state index contributed by atoms with van der Waals surface area (Å²) < 4.78 is 24.0. The number of hydrogen-bond donors (Lipinski definition) is 1. The van der Waals surface area contributed by atoms with Crippen molar-refractivity contribution in [2.45, 2.75) is 24.7 Å². The van der Waals surface area contributed by atoms with Gasteiger partial charge in [-0.15, -0.1) is 0 Å². The minimum Gasteiger partial charge on any atom is -0.481 e. The topological polar surface area (TPSA) is 71.4 Å². The number of sulfone groups is 1. The summed E-state index contributed by atoms with van der Waals surface area (Å²) in [5.74, 6) is -2.23. The van der Waals surface area contributed by atoms with E-state index in [9.17, 15) is 18.3 Å². The van der Waals surface area contributed by atoms with Crippen molar-refractivity contribution < 1.29 is 18.3 Å². The maximum Gasteiger partial charge on any atom is 0.307 e. The predicted octanol–water partition coefficient (Wildman–Crippen LogP) is 1.91. The van der Waals surface area contributed by atoms with Gasteiger partial charge in [-0.05, 0) is 17.5 Å². The lowest BCUT2D eigenvalue weighted by Gasteiger charge is -2.22. The molecule has 98 valence electrons. The molecule has 5 heteroatoms. The number of carboxylic acid groups (broad SMARTS) is 1. The molecule has 0 aromatic heterocycles. The van der Waals surface area contributed by atoms with Crippen LogP contribution in [0.1, 0.15) is 25.3 Å². The fraction of sp³-hybridized carbons (Fsp3) is 0.462. The average molecular weight is 268 g/mol. The van der Waals surface area contributed by atoms with Gasteiger partial charge in [0.25, 0.3) is 0 Å². The molecule has 0 spiro atoms. The molecule has 1 aliphatic rings. The highest BCUT2D eigenvalue weighted by Crippen LogP contribution is 2.41. The molecule has 1 aromatic rings. The highest BCUT2D eigenvalue weighted by molar-refractivity contribution is 7.91. The first-order valence-corrected chi connectivity index (χ1v) is 7.54. The molecule has 2 rings (SSSR count). The van der Waals surface area contributed by atoms with Crippen molar-refractivity contribution in [2.24, 2.45) is 11.8 Å². The van der Waals surface area contributed by atoms with Crippen LogP contribution in [-0.4, -0.2) is 25.2 Å². The summed E-state index contributed by atoms with van der Waals surface area (Å²) in [6.45, 7) is 3.62. The summed E-state index contributed by atoms with van der Waals surface area (Å²) >= 11 is 0. The molecule has 1 heterocycles. The van der Waals surface area contributed by atoms with Crippen molar-refractivity contribution in [3.05, 3.63) is 29.8 Å². The van der Waals surface area contributed by atoms with Gasteiger partial charge in [-0.1, -0.05) is 32.0 Å². The van der Waals surface area contributed by atoms with Crippen LogP contribution in [0.5, 0.6) is 0 Å². The van der Waals surface area contributed by atoms with Gasteiger partial charge < -0.3 is 5.11 Å². The number of rotatable bonds is 3. The van der Waals surface area contributed by atoms with Crippen molar-refractivity contribution in [3.63, 3.8) is 0 Å². The number of fused-ring (bicyclic) bond motifs is 1. The predicted molar refractivity (Wildman–Crippen MR) is 67.2 cm³/mol. The van der Waals surface area contributed by atoms with Gasteiger partial charge in [0, 0.05) is 5.92 Å². The summed E-state index contributed by atoms with van der Waals surface area (Å²) in [6.07, 6.45) is 0. The van der Waals surface area contributed by atoms with Crippen LogP contribution in [0.4, 0.5) is 0 Å². The van der Waals surface area contributed by atoms with E-state index in [1.807, 2.05) is 13.8 Å². The van der Waals surface area contributed by atoms with E-state index in [2.05, 4.69) is 0 Å². The third-order valence-corrected chi connectivity index (χ3v) is 5.33. The van der Waals surface area contributed by atoms with Crippen molar-refractivity contribution in [3.8, 4) is 0 Å². The fourth-order valence-electron chi connectivity index (χ4n) is 2.71. The Morgan fingerprint density at radius 2 is 1.94 bits per heavy atom. The quantitative estimate of drug-likeness (QED) is 0.909. The number of benzene rings is 1. The monoisotopic (exact) mass is 268 g/mol. The molecule has 0 saturated heterocycles. The second-order valence-electron chi connectivity index (χ2n) is 5.03. The summed E-state index contributed by atoms with van der Waals surface area (Å²) in [5.41, 5.74) is 0.651. The zero-order valence-corrected chi connectivity index (χ0v) is 11.1. The van der Waals surface area contributed by atoms with Crippen LogP contribution in [0, 0.1) is 11.8 Å². The Morgan fingerprint density at radius 1 is 1.33 bits per heavy atom. The van der Waals surface area contributed by atoms with Crippen LogP contribution in [-0.2, 0) is 14.6 Å². The van der Waals surface area contributed by atoms with Crippen LogP contribution in [0.15, 0.2) is 29.2 Å². The van der Waals surface area contributed by atoms with Crippen LogP contribution in [0.3, 0.4) is 0 Å². The Kier molecular flexibility index (Phi) is 3.19. The van der Waals surface area contributed by atoms with E-state index in [4.69, 9.17) is 0 Å². The molecular formula is C13H16O4S. The SMILES string of the molecule is CC(C)C(C(=O)O)C1CS(=O)(=O)c2ccccc21. The molecule has 0 bridgehead atoms. The lowest BCUT2D eigenvalue weighted by Crippen LogP contribution is -2.28. The Balaban J connectivity index is 2.53. The highest BCUT2D eigenvalue weighted by Gasteiger charge is 2.42. The molecule has 0 fully saturated rings. The van der Waals surface area contributed by atoms with Crippen molar-refractivity contribution in [1.29, 1.82) is 0 Å². The van der Waals surface area contributed by atoms with Crippen LogP contribution in [0.25, 0.3) is 0 Å². The zero-order chi connectivity index (χ0) is 13.5. The Hall–Kier alpha value is -1.36. The third-order valence-electron chi connectivity index (χ3n) is 3.49. The molecule has 0 amide bonds. The smallest absolute Gasteiger partial charge is 0.307 e. The minimum atomic E-state index is -3.33. The van der Waals surface area contributed by atoms with E-state index in [1.54, 1.807) is 24.3 Å². The number of carbonyl (C=O) groups is 1. The molecule has 18 heavy (non-hydrogen) atoms. The maximum absolute atomic E-state index is 12.0. The van der Waals surface area contributed by atoms with Crippen LogP contribution in [0.2, 0.25) is 0 Å². The summed E-state index contributed by atoms with van der Waals surface area (Å²) in [5, 5.41) is 9.31. The van der Waals surface area contributed by atoms with Crippen LogP contribution < -0.4 is 0 Å². The molecule has 1 aromatic carbocycles. The molecule has 2 atom stereocenters. The maximum atomic E-state index is 12.0. The van der Waals surface area contributed by atoms with Crippen LogP contribution >= 0.6 is 0 Å². The summed E-state index contributed by atoms with van der Waals surface area (Å²) in [4.78, 5) is 11.6. The lowest BCUT2D eigenvalue weighted by molar-refractivity contribution is -0.144. The lowest BCUT2D eigenvalue weighted by atomic mass is 9.80. The molecule has 2 unspecified atom stereocenters. The van der Waals surface area contributed by atoms with Gasteiger partial charge in [-0.2, -0.15) is 0 Å². The first-order chi connectivity index (χ1) is 8.34. The average Bonchev–Trinajstić information content (AvgIpc) is 2.51. The molecule has 0 aliphatic carbocycles. The highest BCUT2D eigenvalue weighted by atomic mass is 32.2. The zero-order valence-electron chi connectivity index (χ0n) is 10.3. The molecular weight excluding hydrogens is 252 g/mol. The second kappa shape index (κ2) is 4.39. The third kappa shape index (κ3) is 2.03. The standard InChI is InChI=1S/C13H16O4S/c1-8(2)12(13(14)15)10-7-18(16,17)11-6-4-3-5-9(10)11/h3-6,8,10,12H,7H2,1-2H3,(H,14,15). The number of aliphatic carboxylic acids is 1. The van der Waals surface area contributed by atoms with Gasteiger partial charge in [0.05, 0.1) is 16.6 Å². The molecule has 1 N–H and O–H groups in total.